The molecule has 2 atom stereocenters. The molecule has 7 nitrogen and oxygen atoms in total. The number of fused-ring (bicyclic) bond motifs is 4. The van der Waals surface area contributed by atoms with Crippen LogP contribution < -0.4 is 10.4 Å². The Bertz CT molecular complexity index is 1560. The molecule has 1 N–H and O–H groups in total. The summed E-state index contributed by atoms with van der Waals surface area (Å²) in [5, 5.41) is 19.0. The highest BCUT2D eigenvalue weighted by Gasteiger charge is 2.43. The number of carbonyl (C=O) groups is 3. The molecule has 1 saturated carbocycles. The number of hydrogen-bond donors (Lipinski definition) is 1. The molecule has 170 valence electrons. The molecular formula is C27H23N3O4. The second kappa shape index (κ2) is 8.41. The maximum Gasteiger partial charge on any atom is 0.358 e. The van der Waals surface area contributed by atoms with Crippen LogP contribution in [0.2, 0.25) is 0 Å². The second-order valence-corrected chi connectivity index (χ2v) is 8.97. The molecule has 3 aromatic rings. The fourth-order valence-electron chi connectivity index (χ4n) is 4.96. The molecule has 0 radical (unpaired) electrons. The number of hydrogen-bond acceptors (Lipinski definition) is 6. The number of carbonyl (C=O) groups excluding carboxylic acids is 2. The molecule has 1 fully saturated rings. The zero-order valence-corrected chi connectivity index (χ0v) is 18.9. The van der Waals surface area contributed by atoms with Crippen molar-refractivity contribution < 1.29 is 19.5 Å². The Hall–Kier alpha value is -4.00. The highest BCUT2D eigenvalue weighted by atomic mass is 16.4. The first-order valence-electron chi connectivity index (χ1n) is 11.3. The standard InChI is InChI=1S/C23H20O2.C4H3N3O2/c1-12-13(2)23(25)20(14-7-8-14)22-16(12)9-10-18-17-6-4-3-5-15(17)11-19(24)21(18)22;8-4(9)3-1-5-2-6-7-3/h3-6,9-11,13-14,20H,7-8H2,1-2H3;1-2H,(H,8,9). The van der Waals surface area contributed by atoms with Crippen LogP contribution in [0.5, 0.6) is 0 Å². The zero-order valence-electron chi connectivity index (χ0n) is 18.9. The SMILES string of the molecule is CC1=c2ccc3c(c2C(C2CC2)C(=O)C1C)C(=O)C=c1ccccc1=3.O=C(O)c1cncnn1. The summed E-state index contributed by atoms with van der Waals surface area (Å²) in [6.45, 7) is 4.06. The van der Waals surface area contributed by atoms with Crippen LogP contribution in [0, 0.1) is 22.3 Å². The third-order valence-electron chi connectivity index (χ3n) is 6.94. The molecule has 7 heteroatoms. The maximum atomic E-state index is 13.1. The third-order valence-corrected chi connectivity index (χ3v) is 6.94. The van der Waals surface area contributed by atoms with Crippen LogP contribution in [0.4, 0.5) is 0 Å². The molecule has 1 heterocycles. The van der Waals surface area contributed by atoms with Gasteiger partial charge in [-0.2, -0.15) is 0 Å². The van der Waals surface area contributed by atoms with Crippen LogP contribution in [0.3, 0.4) is 0 Å². The van der Waals surface area contributed by atoms with Gasteiger partial charge in [0.25, 0.3) is 0 Å². The molecule has 6 rings (SSSR count). The molecule has 2 unspecified atom stereocenters. The van der Waals surface area contributed by atoms with E-state index in [0.717, 1.165) is 56.6 Å². The van der Waals surface area contributed by atoms with Crippen molar-refractivity contribution in [2.24, 2.45) is 11.8 Å². The molecule has 0 spiro atoms. The Morgan fingerprint density at radius 2 is 1.76 bits per heavy atom. The average molecular weight is 453 g/mol. The number of Topliss-reactive ketones (excluding diaryl/α,β-unsaturated/α-hetero) is 2. The van der Waals surface area contributed by atoms with Crippen molar-refractivity contribution in [3.63, 3.8) is 0 Å². The van der Waals surface area contributed by atoms with Gasteiger partial charge >= 0.3 is 5.97 Å². The number of ketones is 2. The van der Waals surface area contributed by atoms with Gasteiger partial charge in [-0.25, -0.2) is 9.78 Å². The summed E-state index contributed by atoms with van der Waals surface area (Å²) in [5.74, 6) is -0.509. The Labute approximate surface area is 195 Å². The van der Waals surface area contributed by atoms with Crippen LogP contribution in [-0.2, 0) is 4.79 Å². The normalized spacial score (nSPS) is 20.2. The fourth-order valence-corrected chi connectivity index (χ4v) is 4.96. The summed E-state index contributed by atoms with van der Waals surface area (Å²) in [6, 6.07) is 12.2. The van der Waals surface area contributed by atoms with Gasteiger partial charge in [0.1, 0.15) is 12.1 Å². The van der Waals surface area contributed by atoms with Crippen molar-refractivity contribution >= 4 is 29.2 Å². The molecule has 0 bridgehead atoms. The molecule has 0 aliphatic heterocycles. The largest absolute Gasteiger partial charge is 0.476 e. The number of benzene rings is 2. The average Bonchev–Trinajstić information content (AvgIpc) is 3.68. The Morgan fingerprint density at radius 1 is 1.03 bits per heavy atom. The van der Waals surface area contributed by atoms with Crippen molar-refractivity contribution in [3.05, 3.63) is 86.6 Å². The quantitative estimate of drug-likeness (QED) is 0.634. The molecular weight excluding hydrogens is 430 g/mol. The van der Waals surface area contributed by atoms with Gasteiger partial charge in [-0.15, -0.1) is 10.2 Å². The van der Waals surface area contributed by atoms with Crippen molar-refractivity contribution in [1.29, 1.82) is 0 Å². The first kappa shape index (κ1) is 21.8. The van der Waals surface area contributed by atoms with Crippen molar-refractivity contribution in [1.82, 2.24) is 15.2 Å². The molecule has 3 aliphatic carbocycles. The predicted molar refractivity (Wildman–Crippen MR) is 124 cm³/mol. The minimum Gasteiger partial charge on any atom is -0.476 e. The summed E-state index contributed by atoms with van der Waals surface area (Å²) in [6.07, 6.45) is 6.24. The van der Waals surface area contributed by atoms with Gasteiger partial charge in [-0.05, 0) is 58.2 Å². The Morgan fingerprint density at radius 3 is 2.41 bits per heavy atom. The van der Waals surface area contributed by atoms with Crippen LogP contribution in [-0.4, -0.2) is 37.8 Å². The van der Waals surface area contributed by atoms with E-state index in [1.165, 1.54) is 6.33 Å². The number of nitrogens with zero attached hydrogens (tertiary/aromatic N) is 3. The van der Waals surface area contributed by atoms with E-state index in [9.17, 15) is 14.4 Å². The van der Waals surface area contributed by atoms with Gasteiger partial charge in [0.15, 0.2) is 11.5 Å². The van der Waals surface area contributed by atoms with Gasteiger partial charge in [0.05, 0.1) is 6.20 Å². The van der Waals surface area contributed by atoms with Crippen molar-refractivity contribution in [3.8, 4) is 0 Å². The van der Waals surface area contributed by atoms with E-state index in [1.807, 2.05) is 32.0 Å². The topological polar surface area (TPSA) is 110 Å². The van der Waals surface area contributed by atoms with E-state index in [4.69, 9.17) is 5.11 Å². The molecule has 1 aromatic heterocycles. The lowest BCUT2D eigenvalue weighted by atomic mass is 9.72. The number of rotatable bonds is 2. The number of aromatic nitrogens is 3. The van der Waals surface area contributed by atoms with Gasteiger partial charge in [0.2, 0.25) is 0 Å². The van der Waals surface area contributed by atoms with E-state index in [-0.39, 0.29) is 23.3 Å². The van der Waals surface area contributed by atoms with Crippen LogP contribution in [0.25, 0.3) is 11.6 Å². The summed E-state index contributed by atoms with van der Waals surface area (Å²) in [7, 11) is 0. The predicted octanol–water partition coefficient (Wildman–Crippen LogP) is 2.40. The Kier molecular flexibility index (Phi) is 5.40. The first-order valence-corrected chi connectivity index (χ1v) is 11.3. The molecule has 3 aliphatic rings. The minimum absolute atomic E-state index is 0.0475. The lowest BCUT2D eigenvalue weighted by Crippen LogP contribution is -2.37. The van der Waals surface area contributed by atoms with E-state index >= 15 is 0 Å². The smallest absolute Gasteiger partial charge is 0.358 e. The van der Waals surface area contributed by atoms with Gasteiger partial charge < -0.3 is 5.11 Å². The first-order chi connectivity index (χ1) is 16.4. The highest BCUT2D eigenvalue weighted by molar-refractivity contribution is 6.19. The summed E-state index contributed by atoms with van der Waals surface area (Å²) in [5.41, 5.74) is 2.74. The minimum atomic E-state index is -1.12. The molecule has 34 heavy (non-hydrogen) atoms. The fraction of sp³-hybridized carbons (Fsp3) is 0.259. The Balaban J connectivity index is 0.000000227. The van der Waals surface area contributed by atoms with E-state index in [0.29, 0.717) is 11.7 Å². The molecule has 0 amide bonds. The van der Waals surface area contributed by atoms with E-state index < -0.39 is 5.97 Å². The van der Waals surface area contributed by atoms with E-state index in [1.54, 1.807) is 6.08 Å². The summed E-state index contributed by atoms with van der Waals surface area (Å²) in [4.78, 5) is 39.6. The van der Waals surface area contributed by atoms with Crippen LogP contribution in [0.1, 0.15) is 59.0 Å². The lowest BCUT2D eigenvalue weighted by molar-refractivity contribution is -0.123. The number of carboxylic acids is 1. The summed E-state index contributed by atoms with van der Waals surface area (Å²) >= 11 is 0. The summed E-state index contributed by atoms with van der Waals surface area (Å²) < 4.78 is 0. The molecule has 0 saturated heterocycles. The zero-order chi connectivity index (χ0) is 24.0. The van der Waals surface area contributed by atoms with Gasteiger partial charge in [-0.1, -0.05) is 48.9 Å². The highest BCUT2D eigenvalue weighted by Crippen LogP contribution is 2.46. The lowest BCUT2D eigenvalue weighted by Gasteiger charge is -2.29. The van der Waals surface area contributed by atoms with Gasteiger partial charge in [-0.3, -0.25) is 9.59 Å². The van der Waals surface area contributed by atoms with Crippen LogP contribution in [0.15, 0.2) is 48.9 Å². The third kappa shape index (κ3) is 3.63. The second-order valence-electron chi connectivity index (χ2n) is 8.97. The van der Waals surface area contributed by atoms with E-state index in [2.05, 4.69) is 33.4 Å². The number of aromatic carboxylic acids is 1. The van der Waals surface area contributed by atoms with Crippen molar-refractivity contribution in [2.45, 2.75) is 32.6 Å². The number of carboxylic acid groups (broad SMARTS) is 1. The maximum absolute atomic E-state index is 13.1. The monoisotopic (exact) mass is 453 g/mol. The van der Waals surface area contributed by atoms with Crippen molar-refractivity contribution in [2.75, 3.05) is 0 Å². The van der Waals surface area contributed by atoms with Gasteiger partial charge in [0, 0.05) is 17.4 Å². The van der Waals surface area contributed by atoms with Crippen LogP contribution >= 0.6 is 0 Å². The molecule has 2 aromatic carbocycles.